The van der Waals surface area contributed by atoms with Gasteiger partial charge in [-0.15, -0.1) is 11.8 Å². The summed E-state index contributed by atoms with van der Waals surface area (Å²) in [5.74, 6) is -0.444. The summed E-state index contributed by atoms with van der Waals surface area (Å²) in [6.07, 6.45) is 2.53. The molecule has 0 radical (unpaired) electrons. The minimum Gasteiger partial charge on any atom is -0.350 e. The lowest BCUT2D eigenvalue weighted by atomic mass is 10.0. The molecule has 0 spiro atoms. The summed E-state index contributed by atoms with van der Waals surface area (Å²) < 4.78 is 29.9. The van der Waals surface area contributed by atoms with Crippen LogP contribution in [-0.2, 0) is 11.3 Å². The molecule has 0 saturated carbocycles. The van der Waals surface area contributed by atoms with Gasteiger partial charge in [-0.05, 0) is 51.2 Å². The van der Waals surface area contributed by atoms with Crippen molar-refractivity contribution in [3.63, 3.8) is 0 Å². The van der Waals surface area contributed by atoms with Crippen LogP contribution in [0.15, 0.2) is 46.6 Å². The number of halogens is 3. The molecule has 1 aromatic heterocycles. The number of aromatic nitrogens is 2. The fourth-order valence-electron chi connectivity index (χ4n) is 4.96. The number of aryl methyl sites for hydroxylation is 1. The van der Waals surface area contributed by atoms with Crippen molar-refractivity contribution in [2.24, 2.45) is 0 Å². The average Bonchev–Trinajstić information content (AvgIpc) is 2.91. The smallest absolute Gasteiger partial charge is 0.350 e. The van der Waals surface area contributed by atoms with Gasteiger partial charge in [-0.25, -0.2) is 13.6 Å². The Balaban J connectivity index is 0.000000648. The molecular formula is C28H32ClF2N5O2S. The first-order chi connectivity index (χ1) is 18.7. The summed E-state index contributed by atoms with van der Waals surface area (Å²) in [4.78, 5) is 33.9. The summed E-state index contributed by atoms with van der Waals surface area (Å²) in [7, 11) is 1.96. The van der Waals surface area contributed by atoms with E-state index in [4.69, 9.17) is 11.6 Å². The molecule has 2 aliphatic rings. The van der Waals surface area contributed by atoms with Crippen molar-refractivity contribution < 1.29 is 13.6 Å². The summed E-state index contributed by atoms with van der Waals surface area (Å²) in [6.45, 7) is 10.7. The van der Waals surface area contributed by atoms with Gasteiger partial charge in [0, 0.05) is 65.4 Å². The Kier molecular flexibility index (Phi) is 9.30. The predicted octanol–water partition coefficient (Wildman–Crippen LogP) is 4.94. The predicted molar refractivity (Wildman–Crippen MR) is 155 cm³/mol. The number of thioether (sulfide) groups is 1. The lowest BCUT2D eigenvalue weighted by Crippen LogP contribution is -2.54. The third-order valence-corrected chi connectivity index (χ3v) is 8.17. The zero-order valence-electron chi connectivity index (χ0n) is 22.3. The van der Waals surface area contributed by atoms with Gasteiger partial charge in [0.2, 0.25) is 5.91 Å². The summed E-state index contributed by atoms with van der Waals surface area (Å²) >= 11 is 8.20. The molecule has 1 fully saturated rings. The highest BCUT2D eigenvalue weighted by atomic mass is 35.5. The van der Waals surface area contributed by atoms with Crippen LogP contribution in [0.2, 0.25) is 5.02 Å². The van der Waals surface area contributed by atoms with Crippen LogP contribution in [-0.4, -0.2) is 65.4 Å². The number of piperazine rings is 1. The molecule has 208 valence electrons. The minimum absolute atomic E-state index is 0.101. The molecule has 39 heavy (non-hydrogen) atoms. The van der Waals surface area contributed by atoms with Gasteiger partial charge in [0.15, 0.2) is 0 Å². The molecule has 2 aliphatic heterocycles. The van der Waals surface area contributed by atoms with E-state index < -0.39 is 17.3 Å². The zero-order chi connectivity index (χ0) is 28.3. The van der Waals surface area contributed by atoms with E-state index in [9.17, 15) is 18.4 Å². The Bertz CT molecular complexity index is 1460. The second-order valence-electron chi connectivity index (χ2n) is 9.44. The number of carbonyl (C=O) groups is 1. The van der Waals surface area contributed by atoms with Gasteiger partial charge < -0.3 is 15.1 Å². The molecule has 5 rings (SSSR count). The van der Waals surface area contributed by atoms with E-state index in [-0.39, 0.29) is 17.5 Å². The monoisotopic (exact) mass is 575 g/mol. The number of hydrogen-bond donors (Lipinski definition) is 1. The van der Waals surface area contributed by atoms with Crippen LogP contribution in [0.5, 0.6) is 0 Å². The average molecular weight is 576 g/mol. The number of rotatable bonds is 5. The van der Waals surface area contributed by atoms with Crippen LogP contribution in [0.4, 0.5) is 14.6 Å². The minimum atomic E-state index is -0.719. The normalized spacial score (nSPS) is 16.6. The van der Waals surface area contributed by atoms with E-state index in [0.29, 0.717) is 64.1 Å². The number of nitrogens with zero attached hydrogens (tertiary/aromatic N) is 4. The topological polar surface area (TPSA) is 70.5 Å². The fraction of sp³-hybridized carbons (Fsp3) is 0.393. The third kappa shape index (κ3) is 5.83. The number of carbonyl (C=O) groups excluding carboxylic acids is 1. The van der Waals surface area contributed by atoms with Crippen molar-refractivity contribution in [3.8, 4) is 11.1 Å². The van der Waals surface area contributed by atoms with Gasteiger partial charge in [-0.3, -0.25) is 9.36 Å². The standard InChI is InChI=1S/C24H21ClF2N4O2S.C4H11N/c1-3-19(32)29-6-7-30(13(2)12-29)23-16-11-17(25)20(15-5-4-14(26)10-18(15)27)22-21(16)31(8-9-34-22)24(33)28-23;1-3-4-5-2/h3-5,10-11,13H,1,6-9,12H2,2H3;5H,3-4H2,1-2H3/t13-;/m0./s1. The van der Waals surface area contributed by atoms with Crippen LogP contribution in [0.3, 0.4) is 0 Å². The van der Waals surface area contributed by atoms with Gasteiger partial charge in [0.1, 0.15) is 17.5 Å². The van der Waals surface area contributed by atoms with E-state index in [1.54, 1.807) is 15.5 Å². The molecule has 11 heteroatoms. The van der Waals surface area contributed by atoms with Gasteiger partial charge in [0.25, 0.3) is 0 Å². The van der Waals surface area contributed by atoms with E-state index in [1.165, 1.54) is 36.4 Å². The largest absolute Gasteiger partial charge is 0.350 e. The highest BCUT2D eigenvalue weighted by Crippen LogP contribution is 2.46. The van der Waals surface area contributed by atoms with Gasteiger partial charge in [0.05, 0.1) is 10.5 Å². The molecule has 1 atom stereocenters. The molecule has 0 aliphatic carbocycles. The van der Waals surface area contributed by atoms with Crippen molar-refractivity contribution >= 4 is 46.0 Å². The number of hydrogen-bond acceptors (Lipinski definition) is 6. The maximum absolute atomic E-state index is 14.7. The Morgan fingerprint density at radius 1 is 1.28 bits per heavy atom. The molecule has 7 nitrogen and oxygen atoms in total. The fourth-order valence-corrected chi connectivity index (χ4v) is 6.52. The van der Waals surface area contributed by atoms with Crippen molar-refractivity contribution in [2.75, 3.05) is 43.9 Å². The number of anilines is 1. The van der Waals surface area contributed by atoms with E-state index >= 15 is 0 Å². The molecule has 1 amide bonds. The first-order valence-electron chi connectivity index (χ1n) is 12.9. The van der Waals surface area contributed by atoms with Crippen LogP contribution in [0, 0.1) is 11.6 Å². The van der Waals surface area contributed by atoms with Crippen molar-refractivity contribution in [1.82, 2.24) is 19.8 Å². The Hall–Kier alpha value is -2.95. The van der Waals surface area contributed by atoms with Crippen LogP contribution < -0.4 is 15.9 Å². The first-order valence-corrected chi connectivity index (χ1v) is 14.3. The second kappa shape index (κ2) is 12.5. The van der Waals surface area contributed by atoms with Crippen LogP contribution in [0.1, 0.15) is 20.3 Å². The van der Waals surface area contributed by atoms with E-state index in [2.05, 4.69) is 23.8 Å². The Morgan fingerprint density at radius 3 is 2.67 bits per heavy atom. The van der Waals surface area contributed by atoms with E-state index in [0.717, 1.165) is 12.6 Å². The summed E-state index contributed by atoms with van der Waals surface area (Å²) in [6, 6.07) is 4.99. The lowest BCUT2D eigenvalue weighted by Gasteiger charge is -2.40. The Morgan fingerprint density at radius 2 is 2.05 bits per heavy atom. The molecule has 3 aromatic rings. The number of nitrogens with one attached hydrogen (secondary N) is 1. The summed E-state index contributed by atoms with van der Waals surface area (Å²) in [5.41, 5.74) is 0.871. The lowest BCUT2D eigenvalue weighted by molar-refractivity contribution is -0.126. The van der Waals surface area contributed by atoms with Gasteiger partial charge >= 0.3 is 5.69 Å². The van der Waals surface area contributed by atoms with Crippen molar-refractivity contribution in [3.05, 3.63) is 64.1 Å². The molecule has 0 bridgehead atoms. The van der Waals surface area contributed by atoms with Crippen LogP contribution >= 0.6 is 23.4 Å². The number of amides is 1. The molecular weight excluding hydrogens is 544 g/mol. The van der Waals surface area contributed by atoms with Crippen molar-refractivity contribution in [1.29, 1.82) is 0 Å². The molecule has 1 saturated heterocycles. The SMILES string of the molecule is C=CC(=O)N1CCN(c2nc(=O)n3c4c(c(-c5ccc(F)cc5F)c(Cl)cc24)SCC3)[C@@H](C)C1.CCCNC. The molecule has 1 N–H and O–H groups in total. The second-order valence-corrected chi connectivity index (χ2v) is 10.9. The van der Waals surface area contributed by atoms with Gasteiger partial charge in [-0.1, -0.05) is 25.1 Å². The maximum atomic E-state index is 14.7. The first kappa shape index (κ1) is 29.0. The zero-order valence-corrected chi connectivity index (χ0v) is 23.8. The number of benzene rings is 2. The maximum Gasteiger partial charge on any atom is 0.350 e. The molecule has 2 aromatic carbocycles. The summed E-state index contributed by atoms with van der Waals surface area (Å²) in [5, 5.41) is 4.00. The molecule has 3 heterocycles. The van der Waals surface area contributed by atoms with Crippen LogP contribution in [0.25, 0.3) is 22.0 Å². The quantitative estimate of drug-likeness (QED) is 0.435. The third-order valence-electron chi connectivity index (χ3n) is 6.80. The van der Waals surface area contributed by atoms with E-state index in [1.807, 2.05) is 18.9 Å². The van der Waals surface area contributed by atoms with Crippen molar-refractivity contribution in [2.45, 2.75) is 37.8 Å². The Labute approximate surface area is 235 Å². The highest BCUT2D eigenvalue weighted by molar-refractivity contribution is 7.99. The highest BCUT2D eigenvalue weighted by Gasteiger charge is 2.31. The van der Waals surface area contributed by atoms with Gasteiger partial charge in [-0.2, -0.15) is 4.98 Å². The molecule has 0 unspecified atom stereocenters.